The summed E-state index contributed by atoms with van der Waals surface area (Å²) in [4.78, 5) is 22.7. The van der Waals surface area contributed by atoms with Gasteiger partial charge in [-0.25, -0.2) is 4.79 Å². The second-order valence-electron chi connectivity index (χ2n) is 3.64. The van der Waals surface area contributed by atoms with E-state index < -0.39 is 42.9 Å². The Morgan fingerprint density at radius 1 is 1.19 bits per heavy atom. The Morgan fingerprint density at radius 3 is 1.94 bits per heavy atom. The summed E-state index contributed by atoms with van der Waals surface area (Å²) in [5, 5.41) is 27.2. The maximum absolute atomic E-state index is 11.5. The van der Waals surface area contributed by atoms with E-state index in [-0.39, 0.29) is 6.61 Å². The number of hydrogen-bond acceptors (Lipinski definition) is 6. The van der Waals surface area contributed by atoms with Crippen LogP contribution in [0.3, 0.4) is 0 Å². The van der Waals surface area contributed by atoms with Gasteiger partial charge in [0.2, 0.25) is 5.78 Å². The zero-order valence-corrected chi connectivity index (χ0v) is 9.47. The molecule has 0 fully saturated rings. The van der Waals surface area contributed by atoms with Crippen molar-refractivity contribution >= 4 is 11.8 Å². The van der Waals surface area contributed by atoms with E-state index in [1.807, 2.05) is 0 Å². The highest BCUT2D eigenvalue weighted by atomic mass is 16.5. The van der Waals surface area contributed by atoms with E-state index in [0.717, 1.165) is 0 Å². The zero-order chi connectivity index (χ0) is 12.8. The monoisotopic (exact) mass is 234 g/mol. The number of ketones is 1. The third-order valence-electron chi connectivity index (χ3n) is 2.73. The highest BCUT2D eigenvalue weighted by Crippen LogP contribution is 2.27. The number of ether oxygens (including phenoxy) is 1. The molecule has 6 nitrogen and oxygen atoms in total. The molecule has 0 amide bonds. The molecule has 0 aromatic rings. The van der Waals surface area contributed by atoms with Gasteiger partial charge in [0.05, 0.1) is 26.4 Å². The van der Waals surface area contributed by atoms with Gasteiger partial charge in [-0.15, -0.1) is 0 Å². The lowest BCUT2D eigenvalue weighted by Gasteiger charge is -2.32. The molecule has 0 aliphatic carbocycles. The van der Waals surface area contributed by atoms with E-state index >= 15 is 0 Å². The molecule has 0 aromatic carbocycles. The molecule has 0 aromatic heterocycles. The first kappa shape index (κ1) is 15.0. The predicted molar refractivity (Wildman–Crippen MR) is 54.5 cm³/mol. The molecule has 0 saturated heterocycles. The predicted octanol–water partition coefficient (Wildman–Crippen LogP) is -1.28. The quantitative estimate of drug-likeness (QED) is 0.374. The minimum Gasteiger partial charge on any atom is -0.460 e. The van der Waals surface area contributed by atoms with Gasteiger partial charge in [0.1, 0.15) is 0 Å². The lowest BCUT2D eigenvalue weighted by atomic mass is 9.76. The van der Waals surface area contributed by atoms with E-state index in [1.54, 1.807) is 6.92 Å². The van der Waals surface area contributed by atoms with Crippen LogP contribution in [0.2, 0.25) is 0 Å². The molecule has 0 saturated carbocycles. The third-order valence-corrected chi connectivity index (χ3v) is 2.73. The first-order valence-corrected chi connectivity index (χ1v) is 5.02. The smallest absolute Gasteiger partial charge is 0.374 e. The minimum absolute atomic E-state index is 0.0711. The molecular formula is C10H18O6. The summed E-state index contributed by atoms with van der Waals surface area (Å²) in [5.41, 5.74) is -1.40. The highest BCUT2D eigenvalue weighted by Gasteiger charge is 2.41. The molecule has 0 heterocycles. The van der Waals surface area contributed by atoms with Crippen LogP contribution in [0.1, 0.15) is 13.8 Å². The number of carbonyl (C=O) groups excluding carboxylic acids is 2. The van der Waals surface area contributed by atoms with Crippen LogP contribution in [0.4, 0.5) is 0 Å². The number of carbonyl (C=O) groups is 2. The summed E-state index contributed by atoms with van der Waals surface area (Å²) in [6, 6.07) is 0. The van der Waals surface area contributed by atoms with Crippen LogP contribution in [-0.4, -0.2) is 53.5 Å². The third kappa shape index (κ3) is 3.01. The zero-order valence-electron chi connectivity index (χ0n) is 9.47. The number of esters is 1. The van der Waals surface area contributed by atoms with Gasteiger partial charge in [0.15, 0.2) is 0 Å². The number of Topliss-reactive ketones (excluding diaryl/α,β-unsaturated/α-hetero) is 1. The molecule has 16 heavy (non-hydrogen) atoms. The van der Waals surface area contributed by atoms with Gasteiger partial charge in [-0.05, 0) is 6.92 Å². The molecule has 0 spiro atoms. The van der Waals surface area contributed by atoms with Crippen molar-refractivity contribution < 1.29 is 29.6 Å². The Labute approximate surface area is 93.8 Å². The molecular weight excluding hydrogens is 216 g/mol. The summed E-state index contributed by atoms with van der Waals surface area (Å²) in [7, 11) is 0. The standard InChI is InChI=1S/C10H18O6/c1-3-16-9(15)8(14)7(2)10(4-11,5-12)6-13/h7,11-13H,3-6H2,1-2H3. The van der Waals surface area contributed by atoms with Crippen LogP contribution >= 0.6 is 0 Å². The van der Waals surface area contributed by atoms with Gasteiger partial charge in [-0.2, -0.15) is 0 Å². The molecule has 1 unspecified atom stereocenters. The van der Waals surface area contributed by atoms with Crippen LogP contribution < -0.4 is 0 Å². The summed E-state index contributed by atoms with van der Waals surface area (Å²) >= 11 is 0. The van der Waals surface area contributed by atoms with E-state index in [0.29, 0.717) is 0 Å². The highest BCUT2D eigenvalue weighted by molar-refractivity contribution is 6.34. The Hall–Kier alpha value is -0.980. The largest absolute Gasteiger partial charge is 0.460 e. The second kappa shape index (κ2) is 6.57. The van der Waals surface area contributed by atoms with Gasteiger partial charge >= 0.3 is 5.97 Å². The number of rotatable bonds is 7. The van der Waals surface area contributed by atoms with Crippen molar-refractivity contribution in [3.8, 4) is 0 Å². The second-order valence-corrected chi connectivity index (χ2v) is 3.64. The molecule has 1 atom stereocenters. The SMILES string of the molecule is CCOC(=O)C(=O)C(C)C(CO)(CO)CO. The van der Waals surface area contributed by atoms with Crippen LogP contribution in [0.15, 0.2) is 0 Å². The molecule has 0 aliphatic rings. The molecule has 6 heteroatoms. The lowest BCUT2D eigenvalue weighted by molar-refractivity contribution is -0.159. The van der Waals surface area contributed by atoms with Crippen LogP contribution in [-0.2, 0) is 14.3 Å². The lowest BCUT2D eigenvalue weighted by Crippen LogP contribution is -2.46. The average Bonchev–Trinajstić information content (AvgIpc) is 2.31. The van der Waals surface area contributed by atoms with E-state index in [4.69, 9.17) is 15.3 Å². The molecule has 0 radical (unpaired) electrons. The molecule has 0 bridgehead atoms. The van der Waals surface area contributed by atoms with E-state index in [2.05, 4.69) is 4.74 Å². The fraction of sp³-hybridized carbons (Fsp3) is 0.800. The van der Waals surface area contributed by atoms with Crippen molar-refractivity contribution in [3.05, 3.63) is 0 Å². The summed E-state index contributed by atoms with van der Waals surface area (Å²) in [6.45, 7) is 1.22. The van der Waals surface area contributed by atoms with Crippen LogP contribution in [0.5, 0.6) is 0 Å². The number of aliphatic hydroxyl groups excluding tert-OH is 3. The van der Waals surface area contributed by atoms with Gasteiger partial charge in [-0.1, -0.05) is 6.92 Å². The molecule has 0 aliphatic heterocycles. The number of aliphatic hydroxyl groups is 3. The molecule has 0 rings (SSSR count). The Morgan fingerprint density at radius 2 is 1.62 bits per heavy atom. The summed E-state index contributed by atoms with van der Waals surface area (Å²) < 4.78 is 4.52. The van der Waals surface area contributed by atoms with Gasteiger partial charge in [-0.3, -0.25) is 4.79 Å². The normalized spacial score (nSPS) is 13.3. The van der Waals surface area contributed by atoms with E-state index in [1.165, 1.54) is 6.92 Å². The number of hydrogen-bond donors (Lipinski definition) is 3. The molecule has 94 valence electrons. The minimum atomic E-state index is -1.40. The topological polar surface area (TPSA) is 104 Å². The Balaban J connectivity index is 4.80. The van der Waals surface area contributed by atoms with Crippen molar-refractivity contribution in [1.82, 2.24) is 0 Å². The maximum atomic E-state index is 11.5. The first-order valence-electron chi connectivity index (χ1n) is 5.02. The van der Waals surface area contributed by atoms with Crippen molar-refractivity contribution in [2.24, 2.45) is 11.3 Å². The van der Waals surface area contributed by atoms with Crippen molar-refractivity contribution in [2.75, 3.05) is 26.4 Å². The van der Waals surface area contributed by atoms with Crippen molar-refractivity contribution in [3.63, 3.8) is 0 Å². The van der Waals surface area contributed by atoms with E-state index in [9.17, 15) is 9.59 Å². The summed E-state index contributed by atoms with van der Waals surface area (Å²) in [5.74, 6) is -2.89. The Kier molecular flexibility index (Phi) is 6.17. The van der Waals surface area contributed by atoms with Gasteiger partial charge in [0, 0.05) is 11.3 Å². The fourth-order valence-electron chi connectivity index (χ4n) is 1.22. The summed E-state index contributed by atoms with van der Waals surface area (Å²) in [6.07, 6.45) is 0. The van der Waals surface area contributed by atoms with Crippen LogP contribution in [0.25, 0.3) is 0 Å². The van der Waals surface area contributed by atoms with Gasteiger partial charge < -0.3 is 20.1 Å². The van der Waals surface area contributed by atoms with Crippen molar-refractivity contribution in [1.29, 1.82) is 0 Å². The average molecular weight is 234 g/mol. The fourth-order valence-corrected chi connectivity index (χ4v) is 1.22. The van der Waals surface area contributed by atoms with Crippen LogP contribution in [0, 0.1) is 11.3 Å². The first-order chi connectivity index (χ1) is 7.48. The van der Waals surface area contributed by atoms with Gasteiger partial charge in [0.25, 0.3) is 0 Å². The maximum Gasteiger partial charge on any atom is 0.374 e. The Bertz CT molecular complexity index is 237. The van der Waals surface area contributed by atoms with Crippen molar-refractivity contribution in [2.45, 2.75) is 13.8 Å². The molecule has 3 N–H and O–H groups in total.